The molecule has 0 radical (unpaired) electrons. The average molecular weight is 1520 g/mol. The van der Waals surface area contributed by atoms with Gasteiger partial charge in [0.15, 0.2) is 48.4 Å². The minimum Gasteiger partial charge on any atom is -0.481 e. The lowest BCUT2D eigenvalue weighted by Gasteiger charge is -2.28. The monoisotopic (exact) mass is 1520 g/mol. The minimum absolute atomic E-state index is 0.0269. The van der Waals surface area contributed by atoms with Crippen LogP contribution < -0.4 is 75.9 Å². The molecule has 0 saturated carbocycles. The number of hydrogen-bond donors (Lipinski definition) is 18. The summed E-state index contributed by atoms with van der Waals surface area (Å²) in [6.07, 6.45) is -5.26. The molecule has 0 unspecified atom stereocenters. The zero-order chi connectivity index (χ0) is 78.5. The number of carbonyl (C=O) groups excluding carboxylic acids is 12. The van der Waals surface area contributed by atoms with E-state index in [0.717, 1.165) is 64.9 Å². The van der Waals surface area contributed by atoms with Crippen LogP contribution in [0.3, 0.4) is 0 Å². The van der Waals surface area contributed by atoms with Gasteiger partial charge in [0.25, 0.3) is 5.91 Å². The number of carboxylic acid groups (broad SMARTS) is 2. The van der Waals surface area contributed by atoms with Gasteiger partial charge in [-0.3, -0.25) is 47.9 Å². The number of aliphatic hydroxyl groups is 4. The number of nitrogens with one attached hydrogen (secondary N) is 11. The first-order valence-electron chi connectivity index (χ1n) is 33.7. The summed E-state index contributed by atoms with van der Waals surface area (Å²) in [6, 6.07) is -17.3. The van der Waals surface area contributed by atoms with Gasteiger partial charge in [0.1, 0.15) is 54.6 Å². The summed E-state index contributed by atoms with van der Waals surface area (Å²) in [5, 5.41) is 87.6. The number of cyclic esters (lactones) is 1. The van der Waals surface area contributed by atoms with Gasteiger partial charge in [0, 0.05) is 13.1 Å². The number of allylic oxidation sites excluding steroid dienone is 1. The number of aliphatic carboxylic acids is 2. The summed E-state index contributed by atoms with van der Waals surface area (Å²) < 4.78 is 34.5. The number of alkyl halides is 1. The van der Waals surface area contributed by atoms with Crippen LogP contribution in [0.2, 0.25) is 0 Å². The fraction of sp³-hybridized carbons (Fsp3) is 0.651. The number of alkyl carbamates (subject to hydrolysis) is 2. The molecule has 0 bridgehead atoms. The fourth-order valence-corrected chi connectivity index (χ4v) is 10.1. The van der Waals surface area contributed by atoms with E-state index in [1.807, 2.05) is 10.6 Å². The number of carboxylic acids is 2. The van der Waals surface area contributed by atoms with Crippen molar-refractivity contribution in [3.63, 3.8) is 0 Å². The third-order valence-electron chi connectivity index (χ3n) is 15.8. The first kappa shape index (κ1) is 89.2. The van der Waals surface area contributed by atoms with Crippen molar-refractivity contribution in [1.29, 1.82) is 0 Å². The van der Waals surface area contributed by atoms with Crippen LogP contribution in [0.1, 0.15) is 153 Å². The smallest absolute Gasteiger partial charge is 0.481 e. The van der Waals surface area contributed by atoms with Crippen molar-refractivity contribution in [3.05, 3.63) is 56.0 Å². The lowest BCUT2D eigenvalue weighted by atomic mass is 10.0. The molecule has 2 aromatic heterocycles. The average Bonchev–Trinajstić information content (AvgIpc) is 1.40. The molecule has 2 aromatic rings. The van der Waals surface area contributed by atoms with Crippen LogP contribution in [-0.2, 0) is 85.0 Å². The summed E-state index contributed by atoms with van der Waals surface area (Å²) in [5.74, 6) is -21.9. The molecule has 588 valence electrons. The Morgan fingerprint density at radius 1 is 0.600 bits per heavy atom. The van der Waals surface area contributed by atoms with Gasteiger partial charge in [-0.1, -0.05) is 70.8 Å². The molecular weight excluding hydrogens is 1420 g/mol. The van der Waals surface area contributed by atoms with E-state index in [1.165, 1.54) is 13.8 Å². The van der Waals surface area contributed by atoms with Gasteiger partial charge >= 0.3 is 41.7 Å². The molecule has 0 aliphatic carbocycles. The number of aliphatic hydroxyl groups excluding tert-OH is 4. The second-order valence-corrected chi connectivity index (χ2v) is 24.5. The number of esters is 1. The van der Waals surface area contributed by atoms with Gasteiger partial charge in [-0.15, -0.1) is 11.6 Å². The first-order valence-corrected chi connectivity index (χ1v) is 34.3. The Bertz CT molecular complexity index is 3430. The Kier molecular flexibility index (Phi) is 39.7. The van der Waals surface area contributed by atoms with Crippen molar-refractivity contribution < 1.29 is 130 Å². The van der Waals surface area contributed by atoms with Crippen molar-refractivity contribution in [3.8, 4) is 0 Å². The molecule has 0 aromatic carbocycles. The molecule has 42 heteroatoms. The number of carbonyl (C=O) groups is 14. The normalized spacial score (nSPS) is 21.7. The summed E-state index contributed by atoms with van der Waals surface area (Å²) in [6.45, 7) is 3.08. The zero-order valence-corrected chi connectivity index (χ0v) is 59.3. The number of nitrogens with two attached hydrogens (primary N) is 1. The zero-order valence-electron chi connectivity index (χ0n) is 58.5. The van der Waals surface area contributed by atoms with Gasteiger partial charge in [-0.05, 0) is 72.8 Å². The lowest BCUT2D eigenvalue weighted by molar-refractivity contribution is -0.155. The molecule has 41 nitrogen and oxygen atoms in total. The molecule has 1 aliphatic heterocycles. The number of hydrogen-bond acceptors (Lipinski definition) is 28. The number of halogens is 1. The molecule has 1 fully saturated rings. The van der Waals surface area contributed by atoms with Crippen molar-refractivity contribution >= 4 is 94.9 Å². The number of rotatable bonds is 34. The van der Waals surface area contributed by atoms with Gasteiger partial charge in [0.2, 0.25) is 47.3 Å². The van der Waals surface area contributed by atoms with Crippen LogP contribution in [-0.4, -0.2) is 219 Å². The highest BCUT2D eigenvalue weighted by Gasteiger charge is 2.41. The largest absolute Gasteiger partial charge is 0.519 e. The summed E-state index contributed by atoms with van der Waals surface area (Å²) in [7, 11) is 0. The van der Waals surface area contributed by atoms with E-state index in [2.05, 4.69) is 54.8 Å². The van der Waals surface area contributed by atoms with Crippen LogP contribution in [0.15, 0.2) is 39.0 Å². The third kappa shape index (κ3) is 32.3. The molecule has 1 aliphatic rings. The molecule has 1 saturated heterocycles. The molecule has 12 atom stereocenters. The Balaban J connectivity index is 2.23. The Morgan fingerprint density at radius 3 is 1.62 bits per heavy atom. The van der Waals surface area contributed by atoms with Crippen LogP contribution in [0.4, 0.5) is 9.59 Å². The molecule has 0 spiro atoms. The van der Waals surface area contributed by atoms with Gasteiger partial charge in [-0.2, -0.15) is 0 Å². The van der Waals surface area contributed by atoms with E-state index < -0.39 is 244 Å². The maximum absolute atomic E-state index is 14.7. The summed E-state index contributed by atoms with van der Waals surface area (Å²) >= 11 is 5.91. The number of amides is 11. The number of aryl methyl sites for hydroxylation is 2. The van der Waals surface area contributed by atoms with Crippen LogP contribution >= 0.6 is 11.6 Å². The van der Waals surface area contributed by atoms with E-state index in [9.17, 15) is 107 Å². The van der Waals surface area contributed by atoms with Crippen LogP contribution in [0.25, 0.3) is 0 Å². The van der Waals surface area contributed by atoms with Crippen molar-refractivity contribution in [1.82, 2.24) is 58.5 Å². The standard InChI is InChI=1S/C63H95ClN12O29/c1-6-8-9-10-11-12-13-14-15-18-34(78)25-44(80)68-40-28-99-59(94)47(41(79)27-64)75-57(91)48(49(83)58(92)93)76-50(84)35(7-2)69-56(90)46(31(3)77)74-53(87)37(20-22-65)71-51(85)36(19-16-17-23-66-60(95)100-29-42-32(4)102-62(97)104-42)70-54(88)39(26-45(81)82)73-52(86)38(72-55(40)89)21-24-67-61(96)101-30-43-33(5)103-63(98)105-43/h7,31,34,36-41,46-49,77-79,83H,6,8-30,65H2,1-5H3,(H,66,95)(H,67,96)(H,68,80)(H,69,90)(H,70,88)(H,71,85)(H,72,89)(H,73,86)(H,74,87)(H,75,91)(H,76,84)(H,81,82)(H,92,93)/b35-7+/t31-,34+,36-,37-,38+,39-,40-,41+,46-,47-,48-,49-/m0/s1. The maximum atomic E-state index is 14.7. The van der Waals surface area contributed by atoms with Crippen LogP contribution in [0, 0.1) is 13.8 Å². The van der Waals surface area contributed by atoms with Crippen LogP contribution in [0.5, 0.6) is 0 Å². The van der Waals surface area contributed by atoms with Crippen molar-refractivity contribution in [2.75, 3.05) is 32.1 Å². The Labute approximate surface area is 604 Å². The molecule has 3 heterocycles. The van der Waals surface area contributed by atoms with Crippen molar-refractivity contribution in [2.24, 2.45) is 5.73 Å². The number of unbranched alkanes of at least 4 members (excludes halogenated alkanes) is 9. The minimum atomic E-state index is -2.91. The highest BCUT2D eigenvalue weighted by Crippen LogP contribution is 2.15. The molecule has 3 rings (SSSR count). The summed E-state index contributed by atoms with van der Waals surface area (Å²) in [5.41, 5.74) is 4.98. The quantitative estimate of drug-likeness (QED) is 0.0106. The molecule has 19 N–H and O–H groups in total. The summed E-state index contributed by atoms with van der Waals surface area (Å²) in [4.78, 5) is 215. The van der Waals surface area contributed by atoms with E-state index in [1.54, 1.807) is 0 Å². The predicted molar refractivity (Wildman–Crippen MR) is 358 cm³/mol. The Hall–Kier alpha value is -9.97. The maximum Gasteiger partial charge on any atom is 0.519 e. The molecular formula is C63H95ClN12O29. The first-order chi connectivity index (χ1) is 49.7. The highest BCUT2D eigenvalue weighted by molar-refractivity contribution is 6.18. The van der Waals surface area contributed by atoms with Crippen molar-refractivity contribution in [2.45, 2.75) is 230 Å². The van der Waals surface area contributed by atoms with E-state index in [4.69, 9.17) is 49.2 Å². The predicted octanol–water partition coefficient (Wildman–Crippen LogP) is -3.51. The SMILES string of the molecule is C/C=C1/NC(=O)[C@H]([C@H](C)O)NC(=O)[C@H](CCN)NC(=O)[C@H](CCCCNC(=O)OCc2oc(=O)oc2C)NC(=O)[C@H](CC(=O)O)NC(=O)[C@@H](CCNC(=O)OCc2oc(=O)oc2C)NC(=O)[C@@H](NC(=O)C[C@H](O)CCCCCCCCCCC)COC(=O)[C@H]([C@H](O)CCl)NC(=O)[C@H]([C@H](O)C(=O)O)NC1=O. The molecule has 105 heavy (non-hydrogen) atoms. The second-order valence-electron chi connectivity index (χ2n) is 24.2. The second kappa shape index (κ2) is 46.7. The Morgan fingerprint density at radius 2 is 1.10 bits per heavy atom. The topological polar surface area (TPSA) is 633 Å². The number of ether oxygens (including phenoxy) is 3. The van der Waals surface area contributed by atoms with Gasteiger partial charge in [0.05, 0.1) is 37.0 Å². The van der Waals surface area contributed by atoms with E-state index in [0.29, 0.717) is 12.8 Å². The highest BCUT2D eigenvalue weighted by atomic mass is 35.5. The lowest BCUT2D eigenvalue weighted by Crippen LogP contribution is -2.62. The molecule has 11 amide bonds. The van der Waals surface area contributed by atoms with E-state index >= 15 is 0 Å². The van der Waals surface area contributed by atoms with E-state index in [-0.39, 0.29) is 48.8 Å². The van der Waals surface area contributed by atoms with Gasteiger partial charge < -0.3 is 127 Å². The van der Waals surface area contributed by atoms with Gasteiger partial charge in [-0.25, -0.2) is 28.8 Å². The third-order valence-corrected chi connectivity index (χ3v) is 16.1. The fourth-order valence-electron chi connectivity index (χ4n) is 9.93.